The molecule has 1 aromatic rings. The first-order valence-corrected chi connectivity index (χ1v) is 9.29. The van der Waals surface area contributed by atoms with E-state index >= 15 is 0 Å². The number of aromatic nitrogens is 1. The first-order valence-electron chi connectivity index (χ1n) is 9.29. The van der Waals surface area contributed by atoms with E-state index in [2.05, 4.69) is 15.4 Å². The Morgan fingerprint density at radius 3 is 2.65 bits per heavy atom. The summed E-state index contributed by atoms with van der Waals surface area (Å²) in [7, 11) is 0. The van der Waals surface area contributed by atoms with Gasteiger partial charge in [0.15, 0.2) is 6.61 Å². The number of hydrogen-bond acceptors (Lipinski definition) is 7. The highest BCUT2D eigenvalue weighted by atomic mass is 16.6. The molecule has 2 aliphatic rings. The number of aryl methyl sites for hydroxylation is 1. The van der Waals surface area contributed by atoms with Gasteiger partial charge >= 0.3 is 5.97 Å². The summed E-state index contributed by atoms with van der Waals surface area (Å²) < 4.78 is 15.3. The number of hydrogen-bond donors (Lipinski definition) is 1. The molecule has 0 unspecified atom stereocenters. The fourth-order valence-corrected chi connectivity index (χ4v) is 3.83. The molecule has 0 radical (unpaired) electrons. The average molecular weight is 365 g/mol. The lowest BCUT2D eigenvalue weighted by molar-refractivity contribution is -0.125. The summed E-state index contributed by atoms with van der Waals surface area (Å²) >= 11 is 0. The van der Waals surface area contributed by atoms with Crippen molar-refractivity contribution in [3.8, 4) is 0 Å². The molecule has 144 valence electrons. The topological polar surface area (TPSA) is 93.9 Å². The van der Waals surface area contributed by atoms with E-state index in [9.17, 15) is 9.59 Å². The first kappa shape index (κ1) is 18.8. The summed E-state index contributed by atoms with van der Waals surface area (Å²) in [4.78, 5) is 26.5. The van der Waals surface area contributed by atoms with Crippen LogP contribution in [0.4, 0.5) is 0 Å². The molecule has 0 bridgehead atoms. The van der Waals surface area contributed by atoms with Crippen molar-refractivity contribution in [2.75, 3.05) is 39.5 Å². The van der Waals surface area contributed by atoms with Gasteiger partial charge in [-0.2, -0.15) is 0 Å². The van der Waals surface area contributed by atoms with Crippen LogP contribution in [0.3, 0.4) is 0 Å². The van der Waals surface area contributed by atoms with Gasteiger partial charge in [0, 0.05) is 31.2 Å². The summed E-state index contributed by atoms with van der Waals surface area (Å²) in [5, 5.41) is 6.59. The zero-order valence-electron chi connectivity index (χ0n) is 15.3. The maximum absolute atomic E-state index is 12.2. The molecule has 0 spiro atoms. The zero-order chi connectivity index (χ0) is 18.4. The second-order valence-electron chi connectivity index (χ2n) is 7.07. The van der Waals surface area contributed by atoms with E-state index in [0.717, 1.165) is 39.1 Å². The Morgan fingerprint density at radius 2 is 2.00 bits per heavy atom. The van der Waals surface area contributed by atoms with Crippen molar-refractivity contribution in [3.05, 3.63) is 17.5 Å². The van der Waals surface area contributed by atoms with Crippen molar-refractivity contribution in [2.24, 2.45) is 0 Å². The van der Waals surface area contributed by atoms with Gasteiger partial charge in [-0.15, -0.1) is 0 Å². The molecule has 1 amide bonds. The molecule has 1 N–H and O–H groups in total. The van der Waals surface area contributed by atoms with Crippen LogP contribution in [0.1, 0.15) is 48.4 Å². The molecule has 1 aliphatic heterocycles. The third-order valence-corrected chi connectivity index (χ3v) is 5.24. The van der Waals surface area contributed by atoms with Crippen LogP contribution in [0.2, 0.25) is 0 Å². The van der Waals surface area contributed by atoms with Crippen LogP contribution in [0.15, 0.2) is 10.6 Å². The molecule has 1 saturated heterocycles. The van der Waals surface area contributed by atoms with Crippen molar-refractivity contribution in [2.45, 2.75) is 44.6 Å². The summed E-state index contributed by atoms with van der Waals surface area (Å²) in [6.45, 7) is 5.24. The van der Waals surface area contributed by atoms with Crippen LogP contribution in [0.25, 0.3) is 0 Å². The predicted octanol–water partition coefficient (Wildman–Crippen LogP) is 1.29. The van der Waals surface area contributed by atoms with Gasteiger partial charge in [0.05, 0.1) is 18.9 Å². The Kier molecular flexibility index (Phi) is 6.26. The van der Waals surface area contributed by atoms with Crippen LogP contribution < -0.4 is 5.32 Å². The van der Waals surface area contributed by atoms with Gasteiger partial charge in [0.25, 0.3) is 5.91 Å². The maximum Gasteiger partial charge on any atom is 0.377 e. The fourth-order valence-electron chi connectivity index (χ4n) is 3.83. The zero-order valence-corrected chi connectivity index (χ0v) is 15.3. The van der Waals surface area contributed by atoms with Gasteiger partial charge in [-0.1, -0.05) is 24.4 Å². The standard InChI is InChI=1S/C18H27N3O5/c1-14-11-15(26-20-14)17(23)25-12-16(22)19-13-18(5-3-2-4-6-18)21-7-9-24-10-8-21/h11H,2-10,12-13H2,1H3,(H,19,22). The van der Waals surface area contributed by atoms with E-state index in [1.807, 2.05) is 0 Å². The van der Waals surface area contributed by atoms with Crippen LogP contribution >= 0.6 is 0 Å². The summed E-state index contributed by atoms with van der Waals surface area (Å²) in [6, 6.07) is 1.48. The van der Waals surface area contributed by atoms with Crippen LogP contribution in [-0.2, 0) is 14.3 Å². The Morgan fingerprint density at radius 1 is 1.27 bits per heavy atom. The predicted molar refractivity (Wildman–Crippen MR) is 92.7 cm³/mol. The van der Waals surface area contributed by atoms with Crippen molar-refractivity contribution in [1.29, 1.82) is 0 Å². The number of nitrogens with one attached hydrogen (secondary N) is 1. The molecule has 0 atom stereocenters. The monoisotopic (exact) mass is 365 g/mol. The highest BCUT2D eigenvalue weighted by Gasteiger charge is 2.38. The number of rotatable bonds is 6. The average Bonchev–Trinajstić information content (AvgIpc) is 3.12. The second-order valence-corrected chi connectivity index (χ2v) is 7.07. The van der Waals surface area contributed by atoms with Crippen LogP contribution in [0.5, 0.6) is 0 Å². The van der Waals surface area contributed by atoms with E-state index < -0.39 is 5.97 Å². The minimum Gasteiger partial charge on any atom is -0.450 e. The number of carbonyl (C=O) groups excluding carboxylic acids is 2. The van der Waals surface area contributed by atoms with Crippen LogP contribution in [-0.4, -0.2) is 66.9 Å². The smallest absolute Gasteiger partial charge is 0.377 e. The van der Waals surface area contributed by atoms with Gasteiger partial charge in [0.1, 0.15) is 0 Å². The second kappa shape index (κ2) is 8.64. The number of ether oxygens (including phenoxy) is 2. The van der Waals surface area contributed by atoms with Crippen molar-refractivity contribution >= 4 is 11.9 Å². The van der Waals surface area contributed by atoms with Crippen molar-refractivity contribution in [1.82, 2.24) is 15.4 Å². The van der Waals surface area contributed by atoms with Gasteiger partial charge < -0.3 is 19.3 Å². The molecule has 3 rings (SSSR count). The minimum absolute atomic E-state index is 0.00682. The molecule has 1 aromatic heterocycles. The van der Waals surface area contributed by atoms with Crippen molar-refractivity contribution in [3.63, 3.8) is 0 Å². The van der Waals surface area contributed by atoms with E-state index in [1.165, 1.54) is 25.3 Å². The normalized spacial score (nSPS) is 20.5. The lowest BCUT2D eigenvalue weighted by Crippen LogP contribution is -2.59. The number of amides is 1. The minimum atomic E-state index is -0.679. The summed E-state index contributed by atoms with van der Waals surface area (Å²) in [5.74, 6) is -0.971. The maximum atomic E-state index is 12.2. The number of morpholine rings is 1. The van der Waals surface area contributed by atoms with Gasteiger partial charge in [-0.3, -0.25) is 9.69 Å². The Balaban J connectivity index is 1.50. The number of esters is 1. The molecular formula is C18H27N3O5. The summed E-state index contributed by atoms with van der Waals surface area (Å²) in [5.41, 5.74) is 0.579. The molecule has 2 heterocycles. The highest BCUT2D eigenvalue weighted by molar-refractivity contribution is 5.88. The Bertz CT molecular complexity index is 618. The molecule has 26 heavy (non-hydrogen) atoms. The van der Waals surface area contributed by atoms with E-state index in [-0.39, 0.29) is 23.8 Å². The Labute approximate surface area is 153 Å². The van der Waals surface area contributed by atoms with Crippen molar-refractivity contribution < 1.29 is 23.6 Å². The van der Waals surface area contributed by atoms with Gasteiger partial charge in [0.2, 0.25) is 5.76 Å². The van der Waals surface area contributed by atoms with Gasteiger partial charge in [-0.25, -0.2) is 4.79 Å². The quantitative estimate of drug-likeness (QED) is 0.759. The van der Waals surface area contributed by atoms with E-state index in [1.54, 1.807) is 6.92 Å². The lowest BCUT2D eigenvalue weighted by atomic mass is 9.79. The molecule has 8 nitrogen and oxygen atoms in total. The molecule has 1 aliphatic carbocycles. The molecule has 1 saturated carbocycles. The molecule has 8 heteroatoms. The number of nitrogens with zero attached hydrogens (tertiary/aromatic N) is 2. The van der Waals surface area contributed by atoms with E-state index in [4.69, 9.17) is 14.0 Å². The van der Waals surface area contributed by atoms with Crippen LogP contribution in [0, 0.1) is 6.92 Å². The SMILES string of the molecule is Cc1cc(C(=O)OCC(=O)NCC2(N3CCOCC3)CCCCC2)on1. The first-order chi connectivity index (χ1) is 12.6. The summed E-state index contributed by atoms with van der Waals surface area (Å²) in [6.07, 6.45) is 5.74. The molecular weight excluding hydrogens is 338 g/mol. The van der Waals surface area contributed by atoms with Gasteiger partial charge in [-0.05, 0) is 19.8 Å². The Hall–Kier alpha value is -1.93. The lowest BCUT2D eigenvalue weighted by Gasteiger charge is -2.48. The third kappa shape index (κ3) is 4.62. The third-order valence-electron chi connectivity index (χ3n) is 5.24. The molecule has 2 fully saturated rings. The molecule has 0 aromatic carbocycles. The highest BCUT2D eigenvalue weighted by Crippen LogP contribution is 2.33. The fraction of sp³-hybridized carbons (Fsp3) is 0.722. The number of carbonyl (C=O) groups is 2. The largest absolute Gasteiger partial charge is 0.450 e. The van der Waals surface area contributed by atoms with E-state index in [0.29, 0.717) is 12.2 Å².